The molecule has 15 heavy (non-hydrogen) atoms. The number of aryl methyl sites for hydroxylation is 1. The second-order valence-electron chi connectivity index (χ2n) is 3.20. The summed E-state index contributed by atoms with van der Waals surface area (Å²) in [4.78, 5) is 1.07. The molecular weight excluding hydrogens is 230 g/mol. The van der Waals surface area contributed by atoms with E-state index in [1.807, 2.05) is 25.1 Å². The summed E-state index contributed by atoms with van der Waals surface area (Å²) in [5, 5.41) is 0.545. The molecule has 1 aromatic carbocycles. The summed E-state index contributed by atoms with van der Waals surface area (Å²) < 4.78 is 9.24. The standard InChI is InChI=1S/C11H10ClNOS/c1-7-5-8(3-4-9(7)14-2)10-6-11(12)13-15-10/h3-6H,1-2H3. The Balaban J connectivity index is 2.42. The minimum Gasteiger partial charge on any atom is -0.496 e. The smallest absolute Gasteiger partial charge is 0.143 e. The van der Waals surface area contributed by atoms with Gasteiger partial charge >= 0.3 is 0 Å². The van der Waals surface area contributed by atoms with Crippen LogP contribution < -0.4 is 4.74 Å². The van der Waals surface area contributed by atoms with Crippen molar-refractivity contribution in [2.45, 2.75) is 6.92 Å². The number of hydrogen-bond donors (Lipinski definition) is 0. The Bertz CT molecular complexity index is 481. The minimum atomic E-state index is 0.545. The van der Waals surface area contributed by atoms with Gasteiger partial charge in [-0.25, -0.2) is 0 Å². The van der Waals surface area contributed by atoms with Crippen molar-refractivity contribution in [1.82, 2.24) is 4.37 Å². The Morgan fingerprint density at radius 3 is 2.67 bits per heavy atom. The lowest BCUT2D eigenvalue weighted by atomic mass is 10.1. The molecule has 0 saturated carbocycles. The molecule has 0 radical (unpaired) electrons. The van der Waals surface area contributed by atoms with Gasteiger partial charge in [0.15, 0.2) is 0 Å². The van der Waals surface area contributed by atoms with Crippen LogP contribution in [0.2, 0.25) is 5.15 Å². The third-order valence-electron chi connectivity index (χ3n) is 2.16. The second kappa shape index (κ2) is 4.21. The van der Waals surface area contributed by atoms with Crippen molar-refractivity contribution >= 4 is 23.1 Å². The summed E-state index contributed by atoms with van der Waals surface area (Å²) in [7, 11) is 1.67. The highest BCUT2D eigenvalue weighted by Crippen LogP contribution is 2.30. The van der Waals surface area contributed by atoms with E-state index < -0.39 is 0 Å². The van der Waals surface area contributed by atoms with Crippen LogP contribution in [0.15, 0.2) is 24.3 Å². The maximum Gasteiger partial charge on any atom is 0.143 e. The normalized spacial score (nSPS) is 10.3. The Labute approximate surface area is 97.6 Å². The molecule has 0 amide bonds. The van der Waals surface area contributed by atoms with Gasteiger partial charge in [-0.05, 0) is 53.8 Å². The summed E-state index contributed by atoms with van der Waals surface area (Å²) >= 11 is 7.19. The zero-order valence-electron chi connectivity index (χ0n) is 8.45. The molecule has 0 aliphatic heterocycles. The molecule has 2 aromatic rings. The van der Waals surface area contributed by atoms with Crippen molar-refractivity contribution in [2.24, 2.45) is 0 Å². The summed E-state index contributed by atoms with van der Waals surface area (Å²) in [6.45, 7) is 2.02. The largest absolute Gasteiger partial charge is 0.496 e. The average molecular weight is 240 g/mol. The predicted molar refractivity (Wildman–Crippen MR) is 63.8 cm³/mol. The molecule has 0 spiro atoms. The van der Waals surface area contributed by atoms with Crippen LogP contribution in [0.5, 0.6) is 5.75 Å². The first-order valence-electron chi connectivity index (χ1n) is 4.48. The van der Waals surface area contributed by atoms with Gasteiger partial charge in [0.1, 0.15) is 10.9 Å². The molecule has 0 aliphatic rings. The number of nitrogens with zero attached hydrogens (tertiary/aromatic N) is 1. The summed E-state index contributed by atoms with van der Waals surface area (Å²) in [6.07, 6.45) is 0. The van der Waals surface area contributed by atoms with E-state index in [1.165, 1.54) is 11.5 Å². The van der Waals surface area contributed by atoms with E-state index in [0.29, 0.717) is 5.15 Å². The van der Waals surface area contributed by atoms with Crippen molar-refractivity contribution in [3.63, 3.8) is 0 Å². The highest BCUT2D eigenvalue weighted by molar-refractivity contribution is 7.09. The lowest BCUT2D eigenvalue weighted by Crippen LogP contribution is -1.86. The van der Waals surface area contributed by atoms with Crippen molar-refractivity contribution < 1.29 is 4.74 Å². The fourth-order valence-corrected chi connectivity index (χ4v) is 2.33. The Kier molecular flexibility index (Phi) is 2.93. The zero-order valence-corrected chi connectivity index (χ0v) is 10.0. The van der Waals surface area contributed by atoms with E-state index in [2.05, 4.69) is 10.4 Å². The van der Waals surface area contributed by atoms with E-state index in [4.69, 9.17) is 16.3 Å². The summed E-state index contributed by atoms with van der Waals surface area (Å²) in [5.74, 6) is 0.898. The van der Waals surface area contributed by atoms with Gasteiger partial charge in [-0.1, -0.05) is 11.6 Å². The number of hydrogen-bond acceptors (Lipinski definition) is 3. The first kappa shape index (κ1) is 10.5. The van der Waals surface area contributed by atoms with Gasteiger partial charge in [-0.2, -0.15) is 4.37 Å². The highest BCUT2D eigenvalue weighted by Gasteiger charge is 2.05. The summed E-state index contributed by atoms with van der Waals surface area (Å²) in [5.41, 5.74) is 2.23. The van der Waals surface area contributed by atoms with Crippen LogP contribution in [-0.2, 0) is 0 Å². The average Bonchev–Trinajstić information content (AvgIpc) is 2.65. The molecule has 0 atom stereocenters. The molecule has 0 N–H and O–H groups in total. The lowest BCUT2D eigenvalue weighted by Gasteiger charge is -2.05. The van der Waals surface area contributed by atoms with Crippen molar-refractivity contribution in [1.29, 1.82) is 0 Å². The number of benzene rings is 1. The quantitative estimate of drug-likeness (QED) is 0.796. The van der Waals surface area contributed by atoms with Gasteiger partial charge in [0, 0.05) is 0 Å². The van der Waals surface area contributed by atoms with Gasteiger partial charge < -0.3 is 4.74 Å². The van der Waals surface area contributed by atoms with Gasteiger partial charge in [-0.3, -0.25) is 0 Å². The van der Waals surface area contributed by atoms with Gasteiger partial charge in [0.05, 0.1) is 12.0 Å². The number of rotatable bonds is 2. The van der Waals surface area contributed by atoms with Gasteiger partial charge in [0.2, 0.25) is 0 Å². The first-order chi connectivity index (χ1) is 7.20. The Morgan fingerprint density at radius 1 is 1.33 bits per heavy atom. The van der Waals surface area contributed by atoms with E-state index >= 15 is 0 Å². The molecule has 4 heteroatoms. The molecule has 0 aliphatic carbocycles. The molecule has 1 heterocycles. The topological polar surface area (TPSA) is 22.1 Å². The number of aromatic nitrogens is 1. The molecule has 0 saturated heterocycles. The third-order valence-corrected chi connectivity index (χ3v) is 3.29. The Hall–Kier alpha value is -1.06. The molecular formula is C11H10ClNOS. The SMILES string of the molecule is COc1ccc(-c2cc(Cl)ns2)cc1C. The molecule has 0 unspecified atom stereocenters. The summed E-state index contributed by atoms with van der Waals surface area (Å²) in [6, 6.07) is 7.91. The van der Waals surface area contributed by atoms with Crippen molar-refractivity contribution in [3.8, 4) is 16.2 Å². The van der Waals surface area contributed by atoms with Crippen LogP contribution in [-0.4, -0.2) is 11.5 Å². The molecule has 1 aromatic heterocycles. The number of ether oxygens (including phenoxy) is 1. The minimum absolute atomic E-state index is 0.545. The van der Waals surface area contributed by atoms with Crippen LogP contribution in [0.4, 0.5) is 0 Å². The lowest BCUT2D eigenvalue weighted by molar-refractivity contribution is 0.412. The van der Waals surface area contributed by atoms with Crippen LogP contribution in [0.1, 0.15) is 5.56 Å². The molecule has 2 rings (SSSR count). The monoisotopic (exact) mass is 239 g/mol. The maximum absolute atomic E-state index is 5.78. The van der Waals surface area contributed by atoms with E-state index in [1.54, 1.807) is 7.11 Å². The van der Waals surface area contributed by atoms with E-state index in [-0.39, 0.29) is 0 Å². The molecule has 78 valence electrons. The van der Waals surface area contributed by atoms with E-state index in [9.17, 15) is 0 Å². The number of halogens is 1. The van der Waals surface area contributed by atoms with Crippen molar-refractivity contribution in [2.75, 3.05) is 7.11 Å². The van der Waals surface area contributed by atoms with Crippen molar-refractivity contribution in [3.05, 3.63) is 35.0 Å². The maximum atomic E-state index is 5.78. The molecule has 0 fully saturated rings. The van der Waals surface area contributed by atoms with Crippen LogP contribution in [0.3, 0.4) is 0 Å². The van der Waals surface area contributed by atoms with E-state index in [0.717, 1.165) is 21.8 Å². The fourth-order valence-electron chi connectivity index (χ4n) is 1.42. The second-order valence-corrected chi connectivity index (χ2v) is 4.39. The third kappa shape index (κ3) is 2.13. The van der Waals surface area contributed by atoms with Gasteiger partial charge in [0.25, 0.3) is 0 Å². The molecule has 2 nitrogen and oxygen atoms in total. The van der Waals surface area contributed by atoms with Crippen LogP contribution >= 0.6 is 23.1 Å². The van der Waals surface area contributed by atoms with Crippen LogP contribution in [0.25, 0.3) is 10.4 Å². The zero-order chi connectivity index (χ0) is 10.8. The number of methoxy groups -OCH3 is 1. The fraction of sp³-hybridized carbons (Fsp3) is 0.182. The van der Waals surface area contributed by atoms with Gasteiger partial charge in [-0.15, -0.1) is 0 Å². The van der Waals surface area contributed by atoms with Crippen LogP contribution in [0, 0.1) is 6.92 Å². The highest BCUT2D eigenvalue weighted by atomic mass is 35.5. The Morgan fingerprint density at radius 2 is 2.13 bits per heavy atom. The first-order valence-corrected chi connectivity index (χ1v) is 5.63. The predicted octanol–water partition coefficient (Wildman–Crippen LogP) is 3.78. The molecule has 0 bridgehead atoms.